The molecule has 0 bridgehead atoms. The lowest BCUT2D eigenvalue weighted by Gasteiger charge is -2.43. The summed E-state index contributed by atoms with van der Waals surface area (Å²) in [4.78, 5) is 2.25. The molecule has 0 radical (unpaired) electrons. The van der Waals surface area contributed by atoms with Gasteiger partial charge in [0.25, 0.3) is 0 Å². The third kappa shape index (κ3) is 2.91. The zero-order valence-electron chi connectivity index (χ0n) is 13.8. The van der Waals surface area contributed by atoms with Gasteiger partial charge in [0.1, 0.15) is 11.5 Å². The third-order valence-electron chi connectivity index (χ3n) is 4.40. The highest BCUT2D eigenvalue weighted by Gasteiger charge is 2.38. The normalized spacial score (nSPS) is 15.8. The number of hydrogen-bond acceptors (Lipinski definition) is 4. The summed E-state index contributed by atoms with van der Waals surface area (Å²) in [6.45, 7) is 4.45. The second-order valence-corrected chi connectivity index (χ2v) is 5.40. The lowest BCUT2D eigenvalue weighted by molar-refractivity contribution is 0.114. The second kappa shape index (κ2) is 6.95. The Hall–Kier alpha value is -1.26. The molecule has 1 rings (SSSR count). The van der Waals surface area contributed by atoms with Crippen molar-refractivity contribution in [3.63, 3.8) is 0 Å². The average Bonchev–Trinajstić information content (AvgIpc) is 2.47. The predicted molar refractivity (Wildman–Crippen MR) is 83.7 cm³/mol. The van der Waals surface area contributed by atoms with E-state index in [1.807, 2.05) is 25.2 Å². The third-order valence-corrected chi connectivity index (χ3v) is 4.40. The lowest BCUT2D eigenvalue weighted by atomic mass is 9.82. The van der Waals surface area contributed by atoms with E-state index in [1.165, 1.54) is 0 Å². The van der Waals surface area contributed by atoms with Gasteiger partial charge < -0.3 is 19.7 Å². The smallest absolute Gasteiger partial charge is 0.127 e. The number of methoxy groups -OCH3 is 2. The van der Waals surface area contributed by atoms with E-state index >= 15 is 0 Å². The molecule has 1 N–H and O–H groups in total. The summed E-state index contributed by atoms with van der Waals surface area (Å²) in [6.07, 6.45) is 1.01. The molecule has 2 atom stereocenters. The van der Waals surface area contributed by atoms with Crippen LogP contribution in [0.2, 0.25) is 0 Å². The van der Waals surface area contributed by atoms with Crippen molar-refractivity contribution in [2.24, 2.45) is 0 Å². The molecule has 114 valence electrons. The van der Waals surface area contributed by atoms with Crippen LogP contribution < -0.4 is 14.8 Å². The van der Waals surface area contributed by atoms with Crippen molar-refractivity contribution in [1.82, 2.24) is 10.2 Å². The Bertz CT molecular complexity index is 412. The molecule has 1 aromatic rings. The fraction of sp³-hybridized carbons (Fsp3) is 0.625. The van der Waals surface area contributed by atoms with E-state index in [4.69, 9.17) is 9.47 Å². The van der Waals surface area contributed by atoms with Crippen molar-refractivity contribution in [1.29, 1.82) is 0 Å². The van der Waals surface area contributed by atoms with E-state index in [0.717, 1.165) is 23.5 Å². The first kappa shape index (κ1) is 16.8. The SMILES string of the molecule is CCC(C)(C(NC)c1c(OC)cccc1OC)N(C)C. The van der Waals surface area contributed by atoms with Gasteiger partial charge >= 0.3 is 0 Å². The Balaban J connectivity index is 3.45. The van der Waals surface area contributed by atoms with Gasteiger partial charge in [0.2, 0.25) is 0 Å². The summed E-state index contributed by atoms with van der Waals surface area (Å²) < 4.78 is 11.1. The number of likely N-dealkylation sites (N-methyl/N-ethyl adjacent to an activating group) is 2. The maximum Gasteiger partial charge on any atom is 0.127 e. The van der Waals surface area contributed by atoms with Crippen LogP contribution in [0.4, 0.5) is 0 Å². The van der Waals surface area contributed by atoms with E-state index in [9.17, 15) is 0 Å². The summed E-state index contributed by atoms with van der Waals surface area (Å²) in [7, 11) is 9.59. The van der Waals surface area contributed by atoms with Crippen LogP contribution in [0.15, 0.2) is 18.2 Å². The molecule has 4 heteroatoms. The largest absolute Gasteiger partial charge is 0.496 e. The fourth-order valence-electron chi connectivity index (χ4n) is 2.71. The van der Waals surface area contributed by atoms with Crippen LogP contribution in [0, 0.1) is 0 Å². The minimum atomic E-state index is -0.0450. The van der Waals surface area contributed by atoms with Crippen molar-refractivity contribution >= 4 is 0 Å². The first-order valence-corrected chi connectivity index (χ1v) is 7.01. The zero-order chi connectivity index (χ0) is 15.3. The molecule has 0 amide bonds. The molecule has 20 heavy (non-hydrogen) atoms. The van der Waals surface area contributed by atoms with Crippen LogP contribution in [0.5, 0.6) is 11.5 Å². The fourth-order valence-corrected chi connectivity index (χ4v) is 2.71. The van der Waals surface area contributed by atoms with Crippen LogP contribution in [0.25, 0.3) is 0 Å². The summed E-state index contributed by atoms with van der Waals surface area (Å²) in [5, 5.41) is 3.44. The predicted octanol–water partition coefficient (Wildman–Crippen LogP) is 2.69. The van der Waals surface area contributed by atoms with Crippen molar-refractivity contribution in [2.45, 2.75) is 31.8 Å². The molecule has 0 spiro atoms. The number of hydrogen-bond donors (Lipinski definition) is 1. The first-order chi connectivity index (χ1) is 9.46. The number of ether oxygens (including phenoxy) is 2. The van der Waals surface area contributed by atoms with Crippen LogP contribution in [-0.4, -0.2) is 45.8 Å². The maximum atomic E-state index is 5.55. The highest BCUT2D eigenvalue weighted by molar-refractivity contribution is 5.48. The van der Waals surface area contributed by atoms with Crippen molar-refractivity contribution in [3.8, 4) is 11.5 Å². The molecule has 0 heterocycles. The summed E-state index contributed by atoms with van der Waals surface area (Å²) in [5.74, 6) is 1.70. The Kier molecular flexibility index (Phi) is 5.84. The average molecular weight is 280 g/mol. The molecule has 0 aliphatic carbocycles. The number of nitrogens with zero attached hydrogens (tertiary/aromatic N) is 1. The highest BCUT2D eigenvalue weighted by Crippen LogP contribution is 2.41. The molecule has 1 aromatic carbocycles. The monoisotopic (exact) mass is 280 g/mol. The molecule has 4 nitrogen and oxygen atoms in total. The van der Waals surface area contributed by atoms with Crippen LogP contribution in [0.1, 0.15) is 31.9 Å². The maximum absolute atomic E-state index is 5.55. The zero-order valence-corrected chi connectivity index (χ0v) is 13.8. The molecule has 0 saturated carbocycles. The van der Waals surface area contributed by atoms with Crippen LogP contribution >= 0.6 is 0 Å². The van der Waals surface area contributed by atoms with Gasteiger partial charge in [-0.2, -0.15) is 0 Å². The van der Waals surface area contributed by atoms with Gasteiger partial charge in [0, 0.05) is 5.54 Å². The summed E-state index contributed by atoms with van der Waals surface area (Å²) in [5.41, 5.74) is 1.02. The number of benzene rings is 1. The molecule has 0 fully saturated rings. The quantitative estimate of drug-likeness (QED) is 0.832. The topological polar surface area (TPSA) is 33.7 Å². The van der Waals surface area contributed by atoms with Crippen LogP contribution in [0.3, 0.4) is 0 Å². The molecule has 0 aliphatic heterocycles. The second-order valence-electron chi connectivity index (χ2n) is 5.40. The Morgan fingerprint density at radius 3 is 2.00 bits per heavy atom. The van der Waals surface area contributed by atoms with Crippen molar-refractivity contribution < 1.29 is 9.47 Å². The minimum Gasteiger partial charge on any atom is -0.496 e. The lowest BCUT2D eigenvalue weighted by Crippen LogP contribution is -2.50. The van der Waals surface area contributed by atoms with E-state index in [0.29, 0.717) is 0 Å². The van der Waals surface area contributed by atoms with Gasteiger partial charge in [-0.3, -0.25) is 0 Å². The highest BCUT2D eigenvalue weighted by atomic mass is 16.5. The molecule has 2 unspecified atom stereocenters. The van der Waals surface area contributed by atoms with Gasteiger partial charge in [0.15, 0.2) is 0 Å². The Morgan fingerprint density at radius 1 is 1.20 bits per heavy atom. The van der Waals surface area contributed by atoms with E-state index < -0.39 is 0 Å². The van der Waals surface area contributed by atoms with E-state index in [2.05, 4.69) is 38.2 Å². The van der Waals surface area contributed by atoms with E-state index in [-0.39, 0.29) is 11.6 Å². The van der Waals surface area contributed by atoms with Gasteiger partial charge in [-0.15, -0.1) is 0 Å². The van der Waals surface area contributed by atoms with Crippen molar-refractivity contribution in [3.05, 3.63) is 23.8 Å². The standard InChI is InChI=1S/C16H28N2O2/c1-8-16(2,18(4)5)15(17-3)14-12(19-6)10-9-11-13(14)20-7/h9-11,15,17H,8H2,1-7H3. The minimum absolute atomic E-state index is 0.0450. The molecular formula is C16H28N2O2. The molecule has 0 saturated heterocycles. The Morgan fingerprint density at radius 2 is 1.70 bits per heavy atom. The molecule has 0 aliphatic rings. The number of nitrogens with one attached hydrogen (secondary N) is 1. The van der Waals surface area contributed by atoms with Crippen molar-refractivity contribution in [2.75, 3.05) is 35.4 Å². The number of rotatable bonds is 7. The first-order valence-electron chi connectivity index (χ1n) is 7.01. The Labute approximate surface area is 123 Å². The van der Waals surface area contributed by atoms with Crippen LogP contribution in [-0.2, 0) is 0 Å². The van der Waals surface area contributed by atoms with Gasteiger partial charge in [-0.05, 0) is 46.6 Å². The van der Waals surface area contributed by atoms with E-state index in [1.54, 1.807) is 14.2 Å². The van der Waals surface area contributed by atoms with Gasteiger partial charge in [-0.1, -0.05) is 13.0 Å². The molecule has 0 aromatic heterocycles. The van der Waals surface area contributed by atoms with Gasteiger partial charge in [-0.25, -0.2) is 0 Å². The van der Waals surface area contributed by atoms with Gasteiger partial charge in [0.05, 0.1) is 25.8 Å². The summed E-state index contributed by atoms with van der Waals surface area (Å²) >= 11 is 0. The molecular weight excluding hydrogens is 252 g/mol. The summed E-state index contributed by atoms with van der Waals surface area (Å²) in [6, 6.07) is 6.02.